The minimum Gasteiger partial charge on any atom is -0.279 e. The maximum atomic E-state index is 13.8. The highest BCUT2D eigenvalue weighted by atomic mass is 32.2. The van der Waals surface area contributed by atoms with Gasteiger partial charge >= 0.3 is 0 Å². The number of anilines is 1. The lowest BCUT2D eigenvalue weighted by molar-refractivity contribution is 0.0985. The fraction of sp³-hybridized carbons (Fsp3) is 0.241. The largest absolute Gasteiger partial charge is 0.279 e. The molecule has 0 radical (unpaired) electrons. The van der Waals surface area contributed by atoms with Crippen LogP contribution in [0.1, 0.15) is 39.9 Å². The zero-order chi connectivity index (χ0) is 28.0. The van der Waals surface area contributed by atoms with Crippen molar-refractivity contribution in [1.29, 1.82) is 10.5 Å². The number of carbonyl (C=O) groups excluding carboxylic acids is 1. The molecule has 3 aromatic carbocycles. The van der Waals surface area contributed by atoms with Crippen molar-refractivity contribution in [1.82, 2.24) is 9.29 Å². The van der Waals surface area contributed by atoms with Crippen molar-refractivity contribution >= 4 is 42.6 Å². The third kappa shape index (κ3) is 6.15. The van der Waals surface area contributed by atoms with E-state index in [0.717, 1.165) is 31.2 Å². The van der Waals surface area contributed by atoms with Gasteiger partial charge < -0.3 is 0 Å². The highest BCUT2D eigenvalue weighted by molar-refractivity contribution is 7.89. The maximum Gasteiger partial charge on any atom is 0.260 e. The molecule has 10 heteroatoms. The smallest absolute Gasteiger partial charge is 0.260 e. The van der Waals surface area contributed by atoms with E-state index in [2.05, 4.69) is 0 Å². The van der Waals surface area contributed by atoms with Gasteiger partial charge in [-0.05, 0) is 54.8 Å². The summed E-state index contributed by atoms with van der Waals surface area (Å²) in [6.07, 6.45) is 0.0214. The Balaban J connectivity index is 1.69. The quantitative estimate of drug-likeness (QED) is 0.251. The van der Waals surface area contributed by atoms with Gasteiger partial charge in [0.25, 0.3) is 5.91 Å². The number of benzene rings is 3. The van der Waals surface area contributed by atoms with E-state index in [1.807, 2.05) is 68.5 Å². The van der Waals surface area contributed by atoms with Gasteiger partial charge in [-0.25, -0.2) is 13.4 Å². The zero-order valence-corrected chi connectivity index (χ0v) is 23.3. The fourth-order valence-corrected chi connectivity index (χ4v) is 6.68. The third-order valence-electron chi connectivity index (χ3n) is 6.28. The van der Waals surface area contributed by atoms with Gasteiger partial charge in [-0.3, -0.25) is 9.69 Å². The zero-order valence-electron chi connectivity index (χ0n) is 21.7. The van der Waals surface area contributed by atoms with E-state index < -0.39 is 10.0 Å². The molecule has 1 amide bonds. The second-order valence-corrected chi connectivity index (χ2v) is 11.9. The Morgan fingerprint density at radius 1 is 0.897 bits per heavy atom. The SMILES string of the molecule is Cc1ccc(C)c2sc(N(Cc3ccccc3)C(=O)c3ccc(S(=O)(=O)N(CCC#N)CCC#N)cc3)nc12. The van der Waals surface area contributed by atoms with Crippen molar-refractivity contribution in [3.05, 3.63) is 89.0 Å². The highest BCUT2D eigenvalue weighted by Gasteiger charge is 2.26. The Morgan fingerprint density at radius 2 is 1.51 bits per heavy atom. The van der Waals surface area contributed by atoms with Crippen molar-refractivity contribution in [3.8, 4) is 12.1 Å². The molecular formula is C29H27N5O3S2. The van der Waals surface area contributed by atoms with Crippen LogP contribution in [0.2, 0.25) is 0 Å². The average molecular weight is 558 g/mol. The molecule has 8 nitrogen and oxygen atoms in total. The standard InChI is InChI=1S/C29H27N5O3S2/c1-21-10-11-22(2)27-26(21)32-29(38-27)34(20-23-8-4-3-5-9-23)28(35)24-12-14-25(15-13-24)39(36,37)33(18-6-16-30)19-7-17-31/h3-5,8-15H,6-7,18-20H2,1-2H3. The first-order chi connectivity index (χ1) is 18.8. The van der Waals surface area contributed by atoms with Gasteiger partial charge in [-0.2, -0.15) is 14.8 Å². The lowest BCUT2D eigenvalue weighted by Gasteiger charge is -2.21. The number of nitriles is 2. The van der Waals surface area contributed by atoms with E-state index in [0.29, 0.717) is 17.2 Å². The molecular weight excluding hydrogens is 530 g/mol. The molecule has 4 rings (SSSR count). The van der Waals surface area contributed by atoms with Gasteiger partial charge in [0.1, 0.15) is 0 Å². The average Bonchev–Trinajstić information content (AvgIpc) is 3.41. The van der Waals surface area contributed by atoms with Gasteiger partial charge in [0, 0.05) is 31.5 Å². The molecule has 0 spiro atoms. The number of sulfonamides is 1. The monoisotopic (exact) mass is 557 g/mol. The summed E-state index contributed by atoms with van der Waals surface area (Å²) in [5.74, 6) is -0.303. The Morgan fingerprint density at radius 3 is 2.10 bits per heavy atom. The van der Waals surface area contributed by atoms with Gasteiger partial charge in [-0.15, -0.1) is 0 Å². The second-order valence-electron chi connectivity index (χ2n) is 9.00. The lowest BCUT2D eigenvalue weighted by atomic mass is 10.1. The number of carbonyl (C=O) groups is 1. The van der Waals surface area contributed by atoms with Crippen LogP contribution in [0.3, 0.4) is 0 Å². The van der Waals surface area contributed by atoms with Crippen LogP contribution in [0.4, 0.5) is 5.13 Å². The first kappa shape index (κ1) is 27.9. The molecule has 198 valence electrons. The van der Waals surface area contributed by atoms with E-state index in [9.17, 15) is 13.2 Å². The predicted molar refractivity (Wildman–Crippen MR) is 152 cm³/mol. The molecule has 0 N–H and O–H groups in total. The van der Waals surface area contributed by atoms with Gasteiger partial charge in [0.2, 0.25) is 10.0 Å². The summed E-state index contributed by atoms with van der Waals surface area (Å²) >= 11 is 1.45. The minimum atomic E-state index is -3.94. The van der Waals surface area contributed by atoms with Crippen molar-refractivity contribution in [2.45, 2.75) is 38.1 Å². The summed E-state index contributed by atoms with van der Waals surface area (Å²) in [5.41, 5.74) is 4.22. The molecule has 0 aliphatic carbocycles. The number of hydrogen-bond acceptors (Lipinski definition) is 7. The molecule has 0 unspecified atom stereocenters. The van der Waals surface area contributed by atoms with E-state index in [1.54, 1.807) is 4.90 Å². The summed E-state index contributed by atoms with van der Waals surface area (Å²) in [6, 6.07) is 23.3. The molecule has 0 aliphatic heterocycles. The molecule has 0 atom stereocenters. The van der Waals surface area contributed by atoms with Gasteiger partial charge in [-0.1, -0.05) is 53.8 Å². The normalized spacial score (nSPS) is 11.3. The maximum absolute atomic E-state index is 13.8. The first-order valence-electron chi connectivity index (χ1n) is 12.3. The van der Waals surface area contributed by atoms with Crippen LogP contribution in [0.5, 0.6) is 0 Å². The van der Waals surface area contributed by atoms with E-state index in [-0.39, 0.29) is 36.7 Å². The highest BCUT2D eigenvalue weighted by Crippen LogP contribution is 2.34. The van der Waals surface area contributed by atoms with Crippen LogP contribution < -0.4 is 4.90 Å². The summed E-state index contributed by atoms with van der Waals surface area (Å²) in [6.45, 7) is 4.28. The molecule has 1 heterocycles. The molecule has 4 aromatic rings. The number of thiazole rings is 1. The van der Waals surface area contributed by atoms with Crippen LogP contribution >= 0.6 is 11.3 Å². The van der Waals surface area contributed by atoms with Crippen LogP contribution in [-0.2, 0) is 16.6 Å². The second kappa shape index (κ2) is 12.2. The molecule has 0 bridgehead atoms. The number of aryl methyl sites for hydroxylation is 2. The Labute approximate surface area is 232 Å². The minimum absolute atomic E-state index is 0.00391. The van der Waals surface area contributed by atoms with Crippen molar-refractivity contribution in [2.24, 2.45) is 0 Å². The Bertz CT molecular complexity index is 1610. The number of nitrogens with zero attached hydrogens (tertiary/aromatic N) is 5. The lowest BCUT2D eigenvalue weighted by Crippen LogP contribution is -2.33. The van der Waals surface area contributed by atoms with E-state index in [1.165, 1.54) is 35.6 Å². The van der Waals surface area contributed by atoms with Crippen molar-refractivity contribution in [2.75, 3.05) is 18.0 Å². The summed E-state index contributed by atoms with van der Waals surface area (Å²) in [5, 5.41) is 18.4. The Hall–Kier alpha value is -4.09. The molecule has 39 heavy (non-hydrogen) atoms. The van der Waals surface area contributed by atoms with Crippen LogP contribution in [0, 0.1) is 36.5 Å². The molecule has 0 fully saturated rings. The summed E-state index contributed by atoms with van der Waals surface area (Å²) < 4.78 is 28.5. The topological polar surface area (TPSA) is 118 Å². The number of hydrogen-bond donors (Lipinski definition) is 0. The number of aromatic nitrogens is 1. The number of fused-ring (bicyclic) bond motifs is 1. The molecule has 0 saturated carbocycles. The number of amides is 1. The van der Waals surface area contributed by atoms with Crippen molar-refractivity contribution < 1.29 is 13.2 Å². The molecule has 1 aromatic heterocycles. The molecule has 0 aliphatic rings. The Kier molecular flexibility index (Phi) is 8.72. The van der Waals surface area contributed by atoms with E-state index in [4.69, 9.17) is 15.5 Å². The summed E-state index contributed by atoms with van der Waals surface area (Å²) in [7, 11) is -3.94. The van der Waals surface area contributed by atoms with Crippen LogP contribution in [0.15, 0.2) is 71.6 Å². The third-order valence-corrected chi connectivity index (χ3v) is 9.40. The van der Waals surface area contributed by atoms with E-state index >= 15 is 0 Å². The number of rotatable bonds is 10. The molecule has 0 saturated heterocycles. The van der Waals surface area contributed by atoms with Crippen LogP contribution in [0.25, 0.3) is 10.2 Å². The van der Waals surface area contributed by atoms with Gasteiger partial charge in [0.15, 0.2) is 5.13 Å². The predicted octanol–water partition coefficient (Wildman–Crippen LogP) is 5.58. The fourth-order valence-electron chi connectivity index (χ4n) is 4.13. The summed E-state index contributed by atoms with van der Waals surface area (Å²) in [4.78, 5) is 20.3. The van der Waals surface area contributed by atoms with Crippen LogP contribution in [-0.4, -0.2) is 36.7 Å². The van der Waals surface area contributed by atoms with Gasteiger partial charge in [0.05, 0.1) is 33.8 Å². The van der Waals surface area contributed by atoms with Crippen molar-refractivity contribution in [3.63, 3.8) is 0 Å². The first-order valence-corrected chi connectivity index (χ1v) is 14.6.